The van der Waals surface area contributed by atoms with Crippen LogP contribution in [0.3, 0.4) is 0 Å². The molecule has 2 aromatic carbocycles. The lowest BCUT2D eigenvalue weighted by Crippen LogP contribution is -2.12. The molecule has 4 heteroatoms. The van der Waals surface area contributed by atoms with Crippen molar-refractivity contribution in [3.05, 3.63) is 63.1 Å². The Hall–Kier alpha value is -1.32. The van der Waals surface area contributed by atoms with Gasteiger partial charge in [0.1, 0.15) is 0 Å². The number of halogens is 2. The standard InChI is InChI=1S/C14H11BrClNO/c1-9-4-2-7-12(13(9)15)17-14(18)10-5-3-6-11(16)8-10/h2-8H,1H3,(H,17,18). The number of aryl methyl sites for hydroxylation is 1. The Morgan fingerprint density at radius 2 is 1.94 bits per heavy atom. The molecule has 1 N–H and O–H groups in total. The summed E-state index contributed by atoms with van der Waals surface area (Å²) in [6, 6.07) is 12.6. The molecule has 0 saturated carbocycles. The summed E-state index contributed by atoms with van der Waals surface area (Å²) in [6.07, 6.45) is 0. The topological polar surface area (TPSA) is 29.1 Å². The summed E-state index contributed by atoms with van der Waals surface area (Å²) >= 11 is 9.31. The van der Waals surface area contributed by atoms with Gasteiger partial charge in [-0.25, -0.2) is 0 Å². The van der Waals surface area contributed by atoms with Crippen molar-refractivity contribution in [3.63, 3.8) is 0 Å². The number of carbonyl (C=O) groups excluding carboxylic acids is 1. The van der Waals surface area contributed by atoms with E-state index in [4.69, 9.17) is 11.6 Å². The van der Waals surface area contributed by atoms with Crippen LogP contribution in [0.1, 0.15) is 15.9 Å². The van der Waals surface area contributed by atoms with Gasteiger partial charge in [-0.15, -0.1) is 0 Å². The summed E-state index contributed by atoms with van der Waals surface area (Å²) in [4.78, 5) is 12.0. The Labute approximate surface area is 119 Å². The number of hydrogen-bond acceptors (Lipinski definition) is 1. The number of hydrogen-bond donors (Lipinski definition) is 1. The van der Waals surface area contributed by atoms with Crippen LogP contribution < -0.4 is 5.32 Å². The van der Waals surface area contributed by atoms with Gasteiger partial charge in [-0.2, -0.15) is 0 Å². The minimum atomic E-state index is -0.177. The number of anilines is 1. The lowest BCUT2D eigenvalue weighted by molar-refractivity contribution is 0.102. The highest BCUT2D eigenvalue weighted by molar-refractivity contribution is 9.10. The first-order valence-electron chi connectivity index (χ1n) is 5.40. The highest BCUT2D eigenvalue weighted by Gasteiger charge is 2.09. The first-order valence-corrected chi connectivity index (χ1v) is 6.57. The van der Waals surface area contributed by atoms with Crippen molar-refractivity contribution >= 4 is 39.1 Å². The minimum Gasteiger partial charge on any atom is -0.321 e. The van der Waals surface area contributed by atoms with Gasteiger partial charge in [-0.1, -0.05) is 29.8 Å². The van der Waals surface area contributed by atoms with E-state index in [0.29, 0.717) is 10.6 Å². The van der Waals surface area contributed by atoms with Gasteiger partial charge in [0.15, 0.2) is 0 Å². The number of nitrogens with one attached hydrogen (secondary N) is 1. The van der Waals surface area contributed by atoms with E-state index in [9.17, 15) is 4.79 Å². The third kappa shape index (κ3) is 2.92. The van der Waals surface area contributed by atoms with Crippen molar-refractivity contribution in [2.45, 2.75) is 6.92 Å². The molecule has 0 aromatic heterocycles. The molecule has 2 nitrogen and oxygen atoms in total. The molecule has 0 bridgehead atoms. The zero-order valence-corrected chi connectivity index (χ0v) is 12.0. The lowest BCUT2D eigenvalue weighted by Gasteiger charge is -2.09. The average Bonchev–Trinajstić information content (AvgIpc) is 2.35. The molecule has 0 radical (unpaired) electrons. The van der Waals surface area contributed by atoms with E-state index in [-0.39, 0.29) is 5.91 Å². The summed E-state index contributed by atoms with van der Waals surface area (Å²) < 4.78 is 0.889. The average molecular weight is 325 g/mol. The fourth-order valence-corrected chi connectivity index (χ4v) is 2.12. The summed E-state index contributed by atoms with van der Waals surface area (Å²) in [5.41, 5.74) is 2.36. The summed E-state index contributed by atoms with van der Waals surface area (Å²) in [5, 5.41) is 3.40. The molecule has 0 fully saturated rings. The van der Waals surface area contributed by atoms with Gasteiger partial charge in [0, 0.05) is 15.1 Å². The van der Waals surface area contributed by atoms with Gasteiger partial charge in [0.25, 0.3) is 5.91 Å². The number of rotatable bonds is 2. The highest BCUT2D eigenvalue weighted by atomic mass is 79.9. The molecule has 0 aliphatic heterocycles. The van der Waals surface area contributed by atoms with Crippen LogP contribution in [0.25, 0.3) is 0 Å². The van der Waals surface area contributed by atoms with E-state index in [1.165, 1.54) is 0 Å². The monoisotopic (exact) mass is 323 g/mol. The second-order valence-electron chi connectivity index (χ2n) is 3.90. The van der Waals surface area contributed by atoms with Crippen molar-refractivity contribution in [3.8, 4) is 0 Å². The van der Waals surface area contributed by atoms with E-state index < -0.39 is 0 Å². The van der Waals surface area contributed by atoms with Crippen LogP contribution in [0.5, 0.6) is 0 Å². The van der Waals surface area contributed by atoms with E-state index in [1.807, 2.05) is 25.1 Å². The van der Waals surface area contributed by atoms with Gasteiger partial charge >= 0.3 is 0 Å². The molecule has 92 valence electrons. The Balaban J connectivity index is 2.24. The third-order valence-corrected chi connectivity index (χ3v) is 3.81. The number of amides is 1. The Bertz CT molecular complexity index is 598. The number of carbonyl (C=O) groups is 1. The molecule has 2 rings (SSSR count). The first kappa shape index (κ1) is 13.1. The maximum absolute atomic E-state index is 12.0. The first-order chi connectivity index (χ1) is 8.58. The Morgan fingerprint density at radius 3 is 2.67 bits per heavy atom. The van der Waals surface area contributed by atoms with E-state index in [0.717, 1.165) is 15.7 Å². The van der Waals surface area contributed by atoms with Gasteiger partial charge < -0.3 is 5.32 Å². The zero-order chi connectivity index (χ0) is 13.1. The van der Waals surface area contributed by atoms with Crippen LogP contribution >= 0.6 is 27.5 Å². The molecule has 18 heavy (non-hydrogen) atoms. The Morgan fingerprint density at radius 1 is 1.22 bits per heavy atom. The fourth-order valence-electron chi connectivity index (χ4n) is 1.57. The maximum Gasteiger partial charge on any atom is 0.255 e. The minimum absolute atomic E-state index is 0.177. The van der Waals surface area contributed by atoms with Crippen LogP contribution in [0.4, 0.5) is 5.69 Å². The lowest BCUT2D eigenvalue weighted by atomic mass is 10.2. The quantitative estimate of drug-likeness (QED) is 0.855. The molecule has 0 unspecified atom stereocenters. The molecule has 0 aliphatic rings. The van der Waals surface area contributed by atoms with Crippen LogP contribution in [0.2, 0.25) is 5.02 Å². The second kappa shape index (κ2) is 5.55. The molecule has 1 amide bonds. The van der Waals surface area contributed by atoms with Crippen molar-refractivity contribution < 1.29 is 4.79 Å². The van der Waals surface area contributed by atoms with E-state index >= 15 is 0 Å². The summed E-state index contributed by atoms with van der Waals surface area (Å²) in [7, 11) is 0. The second-order valence-corrected chi connectivity index (χ2v) is 5.13. The molecule has 0 atom stereocenters. The predicted octanol–water partition coefficient (Wildman–Crippen LogP) is 4.66. The van der Waals surface area contributed by atoms with Crippen molar-refractivity contribution in [2.24, 2.45) is 0 Å². The van der Waals surface area contributed by atoms with Crippen LogP contribution in [-0.2, 0) is 0 Å². The molecular formula is C14H11BrClNO. The van der Waals surface area contributed by atoms with Gasteiger partial charge in [-0.05, 0) is 52.7 Å². The molecule has 0 spiro atoms. The molecule has 2 aromatic rings. The summed E-state index contributed by atoms with van der Waals surface area (Å²) in [6.45, 7) is 1.97. The SMILES string of the molecule is Cc1cccc(NC(=O)c2cccc(Cl)c2)c1Br. The van der Waals surface area contributed by atoms with Crippen molar-refractivity contribution in [1.29, 1.82) is 0 Å². The van der Waals surface area contributed by atoms with Crippen LogP contribution in [0, 0.1) is 6.92 Å². The fraction of sp³-hybridized carbons (Fsp3) is 0.0714. The van der Waals surface area contributed by atoms with E-state index in [2.05, 4.69) is 21.2 Å². The summed E-state index contributed by atoms with van der Waals surface area (Å²) in [5.74, 6) is -0.177. The smallest absolute Gasteiger partial charge is 0.255 e. The van der Waals surface area contributed by atoms with Crippen molar-refractivity contribution in [2.75, 3.05) is 5.32 Å². The zero-order valence-electron chi connectivity index (χ0n) is 9.71. The largest absolute Gasteiger partial charge is 0.321 e. The van der Waals surface area contributed by atoms with Crippen LogP contribution in [0.15, 0.2) is 46.9 Å². The Kier molecular flexibility index (Phi) is 4.04. The molecular weight excluding hydrogens is 314 g/mol. The van der Waals surface area contributed by atoms with E-state index in [1.54, 1.807) is 24.3 Å². The normalized spacial score (nSPS) is 10.2. The molecule has 0 aliphatic carbocycles. The third-order valence-electron chi connectivity index (χ3n) is 2.53. The van der Waals surface area contributed by atoms with Gasteiger partial charge in [0.05, 0.1) is 5.69 Å². The predicted molar refractivity (Wildman–Crippen MR) is 78.3 cm³/mol. The van der Waals surface area contributed by atoms with Crippen molar-refractivity contribution in [1.82, 2.24) is 0 Å². The maximum atomic E-state index is 12.0. The van der Waals surface area contributed by atoms with Crippen LogP contribution in [-0.4, -0.2) is 5.91 Å². The van der Waals surface area contributed by atoms with Gasteiger partial charge in [-0.3, -0.25) is 4.79 Å². The molecule has 0 saturated heterocycles. The number of benzene rings is 2. The molecule has 0 heterocycles. The highest BCUT2D eigenvalue weighted by Crippen LogP contribution is 2.26. The van der Waals surface area contributed by atoms with Gasteiger partial charge in [0.2, 0.25) is 0 Å².